The highest BCUT2D eigenvalue weighted by atomic mass is 32.2. The van der Waals surface area contributed by atoms with Crippen LogP contribution in [-0.2, 0) is 15.3 Å². The minimum Gasteiger partial charge on any atom is -0.462 e. The molecule has 210 valence electrons. The van der Waals surface area contributed by atoms with Crippen molar-refractivity contribution in [1.29, 1.82) is 0 Å². The van der Waals surface area contributed by atoms with E-state index >= 15 is 4.79 Å². The number of benzene rings is 5. The molecule has 7 rings (SSSR count). The number of ether oxygens (including phenoxy) is 1. The molecule has 6 nitrogen and oxygen atoms in total. The van der Waals surface area contributed by atoms with E-state index in [4.69, 9.17) is 4.74 Å². The summed E-state index contributed by atoms with van der Waals surface area (Å²) in [5.74, 6) is 0.326. The van der Waals surface area contributed by atoms with Gasteiger partial charge < -0.3 is 4.74 Å². The summed E-state index contributed by atoms with van der Waals surface area (Å²) in [4.78, 5) is 29.2. The lowest BCUT2D eigenvalue weighted by atomic mass is 9.87. The normalized spacial score (nSPS) is 19.6. The molecule has 0 aromatic heterocycles. The van der Waals surface area contributed by atoms with Crippen molar-refractivity contribution in [3.05, 3.63) is 172 Å². The number of amides is 1. The molecule has 0 aliphatic carbocycles. The number of carbonyl (C=O) groups is 1. The summed E-state index contributed by atoms with van der Waals surface area (Å²) in [6.45, 7) is 0. The first-order valence-corrected chi connectivity index (χ1v) is 14.9. The molecule has 2 heterocycles. The number of hydrogen-bond donors (Lipinski definition) is 0. The van der Waals surface area contributed by atoms with E-state index in [2.05, 4.69) is 0 Å². The number of rotatable bonds is 5. The van der Waals surface area contributed by atoms with Crippen LogP contribution in [0, 0.1) is 10.1 Å². The summed E-state index contributed by atoms with van der Waals surface area (Å²) in [7, 11) is 0. The minimum atomic E-state index is -1.25. The molecule has 7 heteroatoms. The maximum atomic E-state index is 15.1. The second-order valence-electron chi connectivity index (χ2n) is 10.5. The van der Waals surface area contributed by atoms with E-state index in [9.17, 15) is 10.1 Å². The fourth-order valence-electron chi connectivity index (χ4n) is 5.94. The molecule has 0 N–H and O–H groups in total. The van der Waals surface area contributed by atoms with Crippen molar-refractivity contribution in [2.45, 2.75) is 22.3 Å². The smallest absolute Gasteiger partial charge is 0.269 e. The second-order valence-corrected chi connectivity index (χ2v) is 11.7. The average Bonchev–Trinajstić information content (AvgIpc) is 3.21. The highest BCUT2D eigenvalue weighted by Crippen LogP contribution is 2.58. The summed E-state index contributed by atoms with van der Waals surface area (Å²) in [5.41, 5.74) is 3.15. The molecule has 0 radical (unpaired) electrons. The number of nitro groups is 1. The molecule has 0 spiro atoms. The van der Waals surface area contributed by atoms with Gasteiger partial charge in [0.25, 0.3) is 11.6 Å². The zero-order chi connectivity index (χ0) is 29.4. The highest BCUT2D eigenvalue weighted by Gasteiger charge is 2.54. The van der Waals surface area contributed by atoms with Crippen molar-refractivity contribution in [3.63, 3.8) is 0 Å². The molecular formula is C36H26N2O4S. The molecule has 2 aliphatic heterocycles. The fraction of sp³-hybridized carbons (Fsp3) is 0.0833. The average molecular weight is 583 g/mol. The Labute approximate surface area is 253 Å². The van der Waals surface area contributed by atoms with Crippen molar-refractivity contribution in [2.24, 2.45) is 0 Å². The third-order valence-electron chi connectivity index (χ3n) is 7.89. The van der Waals surface area contributed by atoms with E-state index in [0.29, 0.717) is 17.8 Å². The molecule has 5 aromatic rings. The quantitative estimate of drug-likeness (QED) is 0.153. The predicted octanol–water partition coefficient (Wildman–Crippen LogP) is 8.62. The standard InChI is InChI=1S/C36H26N2O4S/c39-35-33(25-13-4-1-5-14-25)34(26-15-6-2-7-16-26)42-36(28-18-8-3-9-19-28)24-32(27-17-12-20-29(23-27)38(40)41)43-31-22-11-10-21-30(31)37(35)36/h1-23,32H,24H2/t32-,36+/m0/s1. The zero-order valence-corrected chi connectivity index (χ0v) is 23.8. The molecular weight excluding hydrogens is 556 g/mol. The maximum Gasteiger partial charge on any atom is 0.269 e. The lowest BCUT2D eigenvalue weighted by Gasteiger charge is -2.48. The SMILES string of the molecule is O=C1C(c2ccccc2)=C(c2ccccc2)O[C@@]2(c3ccccc3)C[C@@H](c3cccc([N+](=O)[O-])c3)Sc3ccccc3N12. The van der Waals surface area contributed by atoms with Gasteiger partial charge in [-0.25, -0.2) is 0 Å². The first-order chi connectivity index (χ1) is 21.0. The molecule has 1 amide bonds. The molecule has 0 bridgehead atoms. The topological polar surface area (TPSA) is 72.7 Å². The molecule has 0 saturated heterocycles. The van der Waals surface area contributed by atoms with Crippen LogP contribution in [-0.4, -0.2) is 10.8 Å². The highest BCUT2D eigenvalue weighted by molar-refractivity contribution is 7.99. The number of carbonyl (C=O) groups excluding carboxylic acids is 1. The molecule has 0 fully saturated rings. The number of hydrogen-bond acceptors (Lipinski definition) is 5. The van der Waals surface area contributed by atoms with Crippen molar-refractivity contribution in [1.82, 2.24) is 0 Å². The van der Waals surface area contributed by atoms with Crippen molar-refractivity contribution in [2.75, 3.05) is 4.90 Å². The van der Waals surface area contributed by atoms with Crippen LogP contribution in [0.1, 0.15) is 33.9 Å². The summed E-state index contributed by atoms with van der Waals surface area (Å²) in [5, 5.41) is 11.5. The van der Waals surface area contributed by atoms with E-state index in [-0.39, 0.29) is 21.8 Å². The van der Waals surface area contributed by atoms with Gasteiger partial charge in [-0.1, -0.05) is 115 Å². The van der Waals surface area contributed by atoms with Gasteiger partial charge in [0, 0.05) is 39.8 Å². The molecule has 5 aromatic carbocycles. The monoisotopic (exact) mass is 582 g/mol. The van der Waals surface area contributed by atoms with Gasteiger partial charge in [0.15, 0.2) is 0 Å². The van der Waals surface area contributed by atoms with E-state index in [1.54, 1.807) is 28.8 Å². The lowest BCUT2D eigenvalue weighted by molar-refractivity contribution is -0.384. The van der Waals surface area contributed by atoms with E-state index in [1.807, 2.05) is 121 Å². The third-order valence-corrected chi connectivity index (χ3v) is 9.21. The van der Waals surface area contributed by atoms with E-state index in [1.165, 1.54) is 6.07 Å². The number of fused-ring (bicyclic) bond motifs is 3. The van der Waals surface area contributed by atoms with Gasteiger partial charge in [-0.2, -0.15) is 0 Å². The minimum absolute atomic E-state index is 0.0260. The fourth-order valence-corrected chi connectivity index (χ4v) is 7.28. The van der Waals surface area contributed by atoms with Crippen LogP contribution in [0.25, 0.3) is 11.3 Å². The summed E-state index contributed by atoms with van der Waals surface area (Å²) in [6.07, 6.45) is 0.349. The number of non-ortho nitro benzene ring substituents is 1. The van der Waals surface area contributed by atoms with Gasteiger partial charge in [0.05, 0.1) is 16.2 Å². The van der Waals surface area contributed by atoms with Gasteiger partial charge in [-0.3, -0.25) is 19.8 Å². The van der Waals surface area contributed by atoms with Gasteiger partial charge >= 0.3 is 0 Å². The summed E-state index contributed by atoms with van der Waals surface area (Å²) < 4.78 is 7.29. The number of para-hydroxylation sites is 1. The molecule has 2 aliphatic rings. The largest absolute Gasteiger partial charge is 0.462 e. The number of anilines is 1. The van der Waals surface area contributed by atoms with Gasteiger partial charge in [0.2, 0.25) is 5.72 Å². The maximum absolute atomic E-state index is 15.1. The van der Waals surface area contributed by atoms with Gasteiger partial charge in [-0.15, -0.1) is 11.8 Å². The third kappa shape index (κ3) is 4.68. The number of thioether (sulfide) groups is 1. The van der Waals surface area contributed by atoms with Crippen LogP contribution in [0.4, 0.5) is 11.4 Å². The Morgan fingerprint density at radius 1 is 0.767 bits per heavy atom. The van der Waals surface area contributed by atoms with Crippen molar-refractivity contribution in [3.8, 4) is 0 Å². The summed E-state index contributed by atoms with van der Waals surface area (Å²) >= 11 is 1.59. The van der Waals surface area contributed by atoms with Crippen LogP contribution in [0.2, 0.25) is 0 Å². The number of nitrogens with zero attached hydrogens (tertiary/aromatic N) is 2. The zero-order valence-electron chi connectivity index (χ0n) is 23.0. The Kier molecular flexibility index (Phi) is 6.80. The molecule has 2 atom stereocenters. The molecule has 0 unspecified atom stereocenters. The lowest BCUT2D eigenvalue weighted by Crippen LogP contribution is -2.55. The Bertz CT molecular complexity index is 1860. The van der Waals surface area contributed by atoms with Gasteiger partial charge in [0.1, 0.15) is 5.76 Å². The second kappa shape index (κ2) is 10.9. The van der Waals surface area contributed by atoms with Crippen LogP contribution in [0.3, 0.4) is 0 Å². The van der Waals surface area contributed by atoms with E-state index < -0.39 is 5.72 Å². The Hall–Kier alpha value is -5.14. The van der Waals surface area contributed by atoms with Crippen LogP contribution >= 0.6 is 11.8 Å². The predicted molar refractivity (Wildman–Crippen MR) is 169 cm³/mol. The van der Waals surface area contributed by atoms with Crippen molar-refractivity contribution < 1.29 is 14.5 Å². The van der Waals surface area contributed by atoms with Gasteiger partial charge in [-0.05, 0) is 23.3 Å². The molecule has 43 heavy (non-hydrogen) atoms. The van der Waals surface area contributed by atoms with Crippen LogP contribution in [0.5, 0.6) is 0 Å². The molecule has 0 saturated carbocycles. The number of nitro benzene ring substituents is 1. The van der Waals surface area contributed by atoms with Crippen LogP contribution in [0.15, 0.2) is 144 Å². The van der Waals surface area contributed by atoms with E-state index in [0.717, 1.165) is 32.8 Å². The first-order valence-electron chi connectivity index (χ1n) is 14.0. The summed E-state index contributed by atoms with van der Waals surface area (Å²) in [6, 6.07) is 43.7. The first kappa shape index (κ1) is 26.7. The van der Waals surface area contributed by atoms with Crippen LogP contribution < -0.4 is 4.90 Å². The Balaban J connectivity index is 1.53. The van der Waals surface area contributed by atoms with Crippen molar-refractivity contribution >= 4 is 40.4 Å². The Morgan fingerprint density at radius 3 is 2.09 bits per heavy atom. The Morgan fingerprint density at radius 2 is 1.40 bits per heavy atom.